The molecule has 1 saturated heterocycles. The van der Waals surface area contributed by atoms with Crippen LogP contribution >= 0.6 is 0 Å². The zero-order chi connectivity index (χ0) is 11.8. The second-order valence-electron chi connectivity index (χ2n) is 4.76. The van der Waals surface area contributed by atoms with Crippen molar-refractivity contribution in [1.82, 2.24) is 10.2 Å². The van der Waals surface area contributed by atoms with Crippen LogP contribution in [0.3, 0.4) is 0 Å². The van der Waals surface area contributed by atoms with E-state index in [0.717, 1.165) is 19.3 Å². The number of sulfone groups is 1. The van der Waals surface area contributed by atoms with E-state index < -0.39 is 9.84 Å². The lowest BCUT2D eigenvalue weighted by Crippen LogP contribution is -2.49. The van der Waals surface area contributed by atoms with Crippen LogP contribution in [0.15, 0.2) is 0 Å². The molecule has 1 N–H and O–H groups in total. The third kappa shape index (κ3) is 2.87. The number of nitrogens with zero attached hydrogens (tertiary/aromatic N) is 1. The van der Waals surface area contributed by atoms with Crippen molar-refractivity contribution in [2.24, 2.45) is 0 Å². The summed E-state index contributed by atoms with van der Waals surface area (Å²) in [6.45, 7) is 1.02. The molecule has 0 aromatic rings. The van der Waals surface area contributed by atoms with Gasteiger partial charge < -0.3 is 10.2 Å². The van der Waals surface area contributed by atoms with E-state index in [9.17, 15) is 13.2 Å². The molecule has 92 valence electrons. The zero-order valence-electron chi connectivity index (χ0n) is 9.48. The third-order valence-corrected chi connectivity index (χ3v) is 4.77. The number of likely N-dealkylation sites (tertiary alicyclic amines) is 1. The largest absolute Gasteiger partial charge is 0.335 e. The summed E-state index contributed by atoms with van der Waals surface area (Å²) >= 11 is 0. The summed E-state index contributed by atoms with van der Waals surface area (Å²) < 4.78 is 22.9. The van der Waals surface area contributed by atoms with E-state index in [2.05, 4.69) is 5.32 Å². The molecule has 1 saturated carbocycles. The van der Waals surface area contributed by atoms with Crippen LogP contribution in [0.4, 0.5) is 4.79 Å². The van der Waals surface area contributed by atoms with E-state index in [1.807, 2.05) is 0 Å². The number of hydrogen-bond donors (Lipinski definition) is 1. The lowest BCUT2D eigenvalue weighted by Gasteiger charge is -2.31. The summed E-state index contributed by atoms with van der Waals surface area (Å²) in [6.07, 6.45) is 4.80. The molecule has 6 heteroatoms. The Balaban J connectivity index is 1.92. The molecular weight excluding hydrogens is 228 g/mol. The highest BCUT2D eigenvalue weighted by Crippen LogP contribution is 2.21. The Morgan fingerprint density at radius 3 is 2.56 bits per heavy atom. The van der Waals surface area contributed by atoms with Crippen LogP contribution in [-0.2, 0) is 9.84 Å². The van der Waals surface area contributed by atoms with Gasteiger partial charge in [0.05, 0.1) is 5.25 Å². The molecule has 2 fully saturated rings. The van der Waals surface area contributed by atoms with Gasteiger partial charge in [-0.15, -0.1) is 0 Å². The highest BCUT2D eigenvalue weighted by molar-refractivity contribution is 7.91. The van der Waals surface area contributed by atoms with Gasteiger partial charge in [0, 0.05) is 25.4 Å². The first-order valence-electron chi connectivity index (χ1n) is 5.71. The Morgan fingerprint density at radius 1 is 1.31 bits per heavy atom. The predicted molar refractivity (Wildman–Crippen MR) is 61.0 cm³/mol. The minimum absolute atomic E-state index is 0.101. The Bertz CT molecular complexity index is 376. The number of amides is 2. The lowest BCUT2D eigenvalue weighted by molar-refractivity contribution is 0.186. The third-order valence-electron chi connectivity index (χ3n) is 3.18. The van der Waals surface area contributed by atoms with Crippen LogP contribution in [0.1, 0.15) is 25.7 Å². The van der Waals surface area contributed by atoms with Gasteiger partial charge in [0.15, 0.2) is 9.84 Å². The molecule has 2 amide bonds. The standard InChI is InChI=1S/C10H18N2O3S/c1-16(14,15)9-3-2-6-12(7-9)10(13)11-8-4-5-8/h8-9H,2-7H2,1H3,(H,11,13). The number of carbonyl (C=O) groups is 1. The van der Waals surface area contributed by atoms with Gasteiger partial charge in [0.25, 0.3) is 0 Å². The molecule has 0 radical (unpaired) electrons. The number of hydrogen-bond acceptors (Lipinski definition) is 3. The fraction of sp³-hybridized carbons (Fsp3) is 0.900. The molecule has 1 aliphatic carbocycles. The van der Waals surface area contributed by atoms with E-state index in [-0.39, 0.29) is 11.3 Å². The van der Waals surface area contributed by atoms with Gasteiger partial charge in [-0.05, 0) is 25.7 Å². The summed E-state index contributed by atoms with van der Waals surface area (Å²) in [7, 11) is -3.03. The molecule has 1 atom stereocenters. The van der Waals surface area contributed by atoms with Crippen molar-refractivity contribution in [3.05, 3.63) is 0 Å². The molecule has 0 spiro atoms. The molecule has 1 heterocycles. The summed E-state index contributed by atoms with van der Waals surface area (Å²) in [6, 6.07) is 0.224. The molecule has 0 aromatic heterocycles. The van der Waals surface area contributed by atoms with Gasteiger partial charge >= 0.3 is 6.03 Å². The molecule has 5 nitrogen and oxygen atoms in total. The van der Waals surface area contributed by atoms with E-state index in [4.69, 9.17) is 0 Å². The Morgan fingerprint density at radius 2 is 2.00 bits per heavy atom. The molecule has 16 heavy (non-hydrogen) atoms. The van der Waals surface area contributed by atoms with E-state index in [1.165, 1.54) is 6.26 Å². The first kappa shape index (κ1) is 11.7. The van der Waals surface area contributed by atoms with Crippen molar-refractivity contribution in [2.75, 3.05) is 19.3 Å². The van der Waals surface area contributed by atoms with Crippen LogP contribution in [-0.4, -0.2) is 50.0 Å². The number of carbonyl (C=O) groups excluding carboxylic acids is 1. The second kappa shape index (κ2) is 4.24. The molecule has 1 aliphatic heterocycles. The number of rotatable bonds is 2. The maximum absolute atomic E-state index is 11.7. The van der Waals surface area contributed by atoms with Gasteiger partial charge in [0.2, 0.25) is 0 Å². The van der Waals surface area contributed by atoms with Crippen molar-refractivity contribution >= 4 is 15.9 Å². The molecule has 2 rings (SSSR count). The Hall–Kier alpha value is -0.780. The van der Waals surface area contributed by atoms with Crippen molar-refractivity contribution in [3.63, 3.8) is 0 Å². The maximum atomic E-state index is 11.7. The van der Waals surface area contributed by atoms with Gasteiger partial charge in [-0.2, -0.15) is 0 Å². The van der Waals surface area contributed by atoms with Crippen molar-refractivity contribution in [1.29, 1.82) is 0 Å². The fourth-order valence-electron chi connectivity index (χ4n) is 1.97. The predicted octanol–water partition coefficient (Wildman–Crippen LogP) is 0.367. The normalized spacial score (nSPS) is 26.6. The van der Waals surface area contributed by atoms with E-state index >= 15 is 0 Å². The minimum Gasteiger partial charge on any atom is -0.335 e. The van der Waals surface area contributed by atoms with Crippen LogP contribution in [0, 0.1) is 0 Å². The number of piperidine rings is 1. The highest BCUT2D eigenvalue weighted by Gasteiger charge is 2.32. The minimum atomic E-state index is -3.03. The van der Waals surface area contributed by atoms with E-state index in [1.54, 1.807) is 4.90 Å². The van der Waals surface area contributed by atoms with Crippen LogP contribution in [0.2, 0.25) is 0 Å². The molecule has 0 bridgehead atoms. The first-order valence-corrected chi connectivity index (χ1v) is 7.66. The van der Waals surface area contributed by atoms with Crippen molar-refractivity contribution in [2.45, 2.75) is 37.0 Å². The zero-order valence-corrected chi connectivity index (χ0v) is 10.3. The SMILES string of the molecule is CS(=O)(=O)C1CCCN(C(=O)NC2CC2)C1. The topological polar surface area (TPSA) is 66.5 Å². The number of urea groups is 1. The first-order chi connectivity index (χ1) is 7.47. The van der Waals surface area contributed by atoms with Crippen LogP contribution in [0.5, 0.6) is 0 Å². The maximum Gasteiger partial charge on any atom is 0.317 e. The number of nitrogens with one attached hydrogen (secondary N) is 1. The smallest absolute Gasteiger partial charge is 0.317 e. The van der Waals surface area contributed by atoms with Gasteiger partial charge in [0.1, 0.15) is 0 Å². The lowest BCUT2D eigenvalue weighted by atomic mass is 10.1. The van der Waals surface area contributed by atoms with Crippen LogP contribution < -0.4 is 5.32 Å². The van der Waals surface area contributed by atoms with Crippen molar-refractivity contribution < 1.29 is 13.2 Å². The summed E-state index contributed by atoms with van der Waals surface area (Å²) in [5.74, 6) is 0. The Kier molecular flexibility index (Phi) is 3.10. The monoisotopic (exact) mass is 246 g/mol. The Labute approximate surface area is 96.1 Å². The van der Waals surface area contributed by atoms with Gasteiger partial charge in [-0.3, -0.25) is 0 Å². The highest BCUT2D eigenvalue weighted by atomic mass is 32.2. The average molecular weight is 246 g/mol. The molecular formula is C10H18N2O3S. The average Bonchev–Trinajstić information content (AvgIpc) is 3.00. The quantitative estimate of drug-likeness (QED) is 0.765. The van der Waals surface area contributed by atoms with Gasteiger partial charge in [-0.25, -0.2) is 13.2 Å². The second-order valence-corrected chi connectivity index (χ2v) is 7.09. The summed E-state index contributed by atoms with van der Waals surface area (Å²) in [4.78, 5) is 13.4. The molecule has 0 aromatic carbocycles. The summed E-state index contributed by atoms with van der Waals surface area (Å²) in [5, 5.41) is 2.50. The van der Waals surface area contributed by atoms with Gasteiger partial charge in [-0.1, -0.05) is 0 Å². The fourth-order valence-corrected chi connectivity index (χ4v) is 3.01. The van der Waals surface area contributed by atoms with Crippen molar-refractivity contribution in [3.8, 4) is 0 Å². The van der Waals surface area contributed by atoms with E-state index in [0.29, 0.717) is 25.6 Å². The van der Waals surface area contributed by atoms with Crippen LogP contribution in [0.25, 0.3) is 0 Å². The molecule has 2 aliphatic rings. The molecule has 1 unspecified atom stereocenters. The summed E-state index contributed by atoms with van der Waals surface area (Å²) in [5.41, 5.74) is 0.